The molecule has 0 spiro atoms. The van der Waals surface area contributed by atoms with Gasteiger partial charge in [0.05, 0.1) is 5.69 Å². The summed E-state index contributed by atoms with van der Waals surface area (Å²) in [7, 11) is 1.92. The molecule has 4 heteroatoms. The first-order valence-electron chi connectivity index (χ1n) is 5.06. The second kappa shape index (κ2) is 3.71. The molecule has 2 atom stereocenters. The summed E-state index contributed by atoms with van der Waals surface area (Å²) in [5.74, 6) is 0. The smallest absolute Gasteiger partial charge is 0.101 e. The number of rotatable bonds is 1. The molecule has 1 aromatic heterocycles. The maximum absolute atomic E-state index is 6.03. The largest absolute Gasteiger partial charge is 0.372 e. The molecular formula is C10H17N3O. The van der Waals surface area contributed by atoms with Crippen LogP contribution in [0.25, 0.3) is 0 Å². The summed E-state index contributed by atoms with van der Waals surface area (Å²) >= 11 is 0. The third-order valence-corrected chi connectivity index (χ3v) is 2.73. The van der Waals surface area contributed by atoms with E-state index in [1.807, 2.05) is 24.9 Å². The van der Waals surface area contributed by atoms with Crippen molar-refractivity contribution in [1.29, 1.82) is 0 Å². The van der Waals surface area contributed by atoms with Crippen LogP contribution in [-0.4, -0.2) is 22.4 Å². The number of hydrogen-bond donors (Lipinski definition) is 1. The fourth-order valence-electron chi connectivity index (χ4n) is 2.02. The molecule has 4 nitrogen and oxygen atoms in total. The Balaban J connectivity index is 2.24. The van der Waals surface area contributed by atoms with E-state index in [0.717, 1.165) is 30.7 Å². The van der Waals surface area contributed by atoms with E-state index in [9.17, 15) is 0 Å². The van der Waals surface area contributed by atoms with Crippen molar-refractivity contribution >= 4 is 0 Å². The second-order valence-corrected chi connectivity index (χ2v) is 3.94. The van der Waals surface area contributed by atoms with Gasteiger partial charge in [-0.15, -0.1) is 0 Å². The predicted octanol–water partition coefficient (Wildman–Crippen LogP) is 0.907. The van der Waals surface area contributed by atoms with E-state index in [-0.39, 0.29) is 12.1 Å². The van der Waals surface area contributed by atoms with E-state index in [4.69, 9.17) is 10.5 Å². The van der Waals surface area contributed by atoms with E-state index in [0.29, 0.717) is 0 Å². The van der Waals surface area contributed by atoms with Crippen LogP contribution < -0.4 is 5.73 Å². The highest BCUT2D eigenvalue weighted by Gasteiger charge is 2.26. The molecule has 2 N–H and O–H groups in total. The van der Waals surface area contributed by atoms with Gasteiger partial charge in [0.2, 0.25) is 0 Å². The minimum atomic E-state index is 0.0393. The van der Waals surface area contributed by atoms with Crippen molar-refractivity contribution in [1.82, 2.24) is 9.78 Å². The highest BCUT2D eigenvalue weighted by molar-refractivity contribution is 5.20. The Morgan fingerprint density at radius 3 is 3.00 bits per heavy atom. The maximum Gasteiger partial charge on any atom is 0.101 e. The summed E-state index contributed by atoms with van der Waals surface area (Å²) in [5, 5.41) is 4.30. The Kier molecular flexibility index (Phi) is 2.56. The van der Waals surface area contributed by atoms with Crippen LogP contribution in [-0.2, 0) is 11.8 Å². The molecule has 1 fully saturated rings. The summed E-state index contributed by atoms with van der Waals surface area (Å²) in [4.78, 5) is 0. The minimum absolute atomic E-state index is 0.0393. The first kappa shape index (κ1) is 9.68. The summed E-state index contributed by atoms with van der Waals surface area (Å²) in [6, 6.07) is 0.117. The first-order valence-corrected chi connectivity index (χ1v) is 5.06. The maximum atomic E-state index is 6.03. The average Bonchev–Trinajstić information content (AvgIpc) is 2.46. The van der Waals surface area contributed by atoms with Crippen LogP contribution in [0.15, 0.2) is 6.20 Å². The lowest BCUT2D eigenvalue weighted by Gasteiger charge is -2.28. The molecule has 1 saturated heterocycles. The molecule has 0 saturated carbocycles. The molecule has 1 aromatic rings. The van der Waals surface area contributed by atoms with Gasteiger partial charge in [0.1, 0.15) is 6.10 Å². The van der Waals surface area contributed by atoms with E-state index in [2.05, 4.69) is 5.10 Å². The summed E-state index contributed by atoms with van der Waals surface area (Å²) in [6.07, 6.45) is 4.15. The van der Waals surface area contributed by atoms with Crippen LogP contribution >= 0.6 is 0 Å². The molecule has 0 radical (unpaired) electrons. The Morgan fingerprint density at radius 2 is 2.43 bits per heavy atom. The summed E-state index contributed by atoms with van der Waals surface area (Å²) < 4.78 is 7.51. The highest BCUT2D eigenvalue weighted by Crippen LogP contribution is 2.28. The van der Waals surface area contributed by atoms with E-state index >= 15 is 0 Å². The fourth-order valence-corrected chi connectivity index (χ4v) is 2.02. The fraction of sp³-hybridized carbons (Fsp3) is 0.700. The zero-order valence-electron chi connectivity index (χ0n) is 8.73. The topological polar surface area (TPSA) is 53.1 Å². The van der Waals surface area contributed by atoms with Crippen LogP contribution in [0, 0.1) is 6.92 Å². The molecule has 0 amide bonds. The van der Waals surface area contributed by atoms with Crippen molar-refractivity contribution < 1.29 is 4.74 Å². The van der Waals surface area contributed by atoms with Gasteiger partial charge in [0.15, 0.2) is 0 Å². The van der Waals surface area contributed by atoms with Gasteiger partial charge in [-0.3, -0.25) is 4.68 Å². The first-order chi connectivity index (χ1) is 6.68. The normalized spacial score (nSPS) is 27.9. The van der Waals surface area contributed by atoms with Gasteiger partial charge in [-0.1, -0.05) is 0 Å². The van der Waals surface area contributed by atoms with Crippen molar-refractivity contribution in [2.24, 2.45) is 12.8 Å². The number of hydrogen-bond acceptors (Lipinski definition) is 3. The molecular weight excluding hydrogens is 178 g/mol. The lowest BCUT2D eigenvalue weighted by atomic mass is 9.97. The molecule has 1 aliphatic rings. The van der Waals surface area contributed by atoms with Crippen LogP contribution in [0.2, 0.25) is 0 Å². The molecule has 2 unspecified atom stereocenters. The minimum Gasteiger partial charge on any atom is -0.372 e. The van der Waals surface area contributed by atoms with Gasteiger partial charge in [0, 0.05) is 31.5 Å². The van der Waals surface area contributed by atoms with Gasteiger partial charge < -0.3 is 10.5 Å². The van der Waals surface area contributed by atoms with Crippen molar-refractivity contribution in [3.05, 3.63) is 17.5 Å². The third kappa shape index (κ3) is 1.67. The Bertz CT molecular complexity index is 321. The Morgan fingerprint density at radius 1 is 1.64 bits per heavy atom. The van der Waals surface area contributed by atoms with Crippen LogP contribution in [0.3, 0.4) is 0 Å². The number of aromatic nitrogens is 2. The van der Waals surface area contributed by atoms with Crippen LogP contribution in [0.5, 0.6) is 0 Å². The molecule has 1 aliphatic heterocycles. The molecule has 14 heavy (non-hydrogen) atoms. The quantitative estimate of drug-likeness (QED) is 0.724. The second-order valence-electron chi connectivity index (χ2n) is 3.94. The highest BCUT2D eigenvalue weighted by atomic mass is 16.5. The van der Waals surface area contributed by atoms with Gasteiger partial charge >= 0.3 is 0 Å². The van der Waals surface area contributed by atoms with Crippen LogP contribution in [0.1, 0.15) is 30.2 Å². The van der Waals surface area contributed by atoms with Gasteiger partial charge in [0.25, 0.3) is 0 Å². The van der Waals surface area contributed by atoms with E-state index in [1.165, 1.54) is 0 Å². The number of aryl methyl sites for hydroxylation is 2. The van der Waals surface area contributed by atoms with Gasteiger partial charge in [-0.2, -0.15) is 5.10 Å². The lowest BCUT2D eigenvalue weighted by molar-refractivity contribution is -0.000247. The lowest BCUT2D eigenvalue weighted by Crippen LogP contribution is -2.34. The molecule has 78 valence electrons. The Labute approximate surface area is 84.0 Å². The van der Waals surface area contributed by atoms with Crippen molar-refractivity contribution in [2.45, 2.75) is 31.9 Å². The number of nitrogens with two attached hydrogens (primary N) is 1. The molecule has 0 aromatic carbocycles. The molecule has 0 bridgehead atoms. The molecule has 2 heterocycles. The van der Waals surface area contributed by atoms with E-state index in [1.54, 1.807) is 0 Å². The van der Waals surface area contributed by atoms with Gasteiger partial charge in [-0.05, 0) is 19.8 Å². The van der Waals surface area contributed by atoms with E-state index < -0.39 is 0 Å². The summed E-state index contributed by atoms with van der Waals surface area (Å²) in [6.45, 7) is 2.81. The van der Waals surface area contributed by atoms with Crippen LogP contribution in [0.4, 0.5) is 0 Å². The van der Waals surface area contributed by atoms with Crippen molar-refractivity contribution in [3.63, 3.8) is 0 Å². The molecule has 0 aliphatic carbocycles. The monoisotopic (exact) mass is 195 g/mol. The standard InChI is InChI=1S/C10H17N3O/c1-7-8(6-13(2)12-7)10-9(11)4-3-5-14-10/h6,9-10H,3-5,11H2,1-2H3. The van der Waals surface area contributed by atoms with Crippen molar-refractivity contribution in [3.8, 4) is 0 Å². The average molecular weight is 195 g/mol. The SMILES string of the molecule is Cc1nn(C)cc1C1OCCCC1N. The third-order valence-electron chi connectivity index (χ3n) is 2.73. The van der Waals surface area contributed by atoms with Crippen molar-refractivity contribution in [2.75, 3.05) is 6.61 Å². The number of nitrogens with zero attached hydrogens (tertiary/aromatic N) is 2. The number of ether oxygens (including phenoxy) is 1. The predicted molar refractivity (Wildman–Crippen MR) is 53.8 cm³/mol. The molecule has 2 rings (SSSR count). The zero-order chi connectivity index (χ0) is 10.1. The Hall–Kier alpha value is -0.870. The van der Waals surface area contributed by atoms with Gasteiger partial charge in [-0.25, -0.2) is 0 Å². The summed E-state index contributed by atoms with van der Waals surface area (Å²) in [5.41, 5.74) is 8.19. The zero-order valence-corrected chi connectivity index (χ0v) is 8.73.